The van der Waals surface area contributed by atoms with Crippen LogP contribution in [0.2, 0.25) is 0 Å². The van der Waals surface area contributed by atoms with Gasteiger partial charge in [0.05, 0.1) is 18.6 Å². The van der Waals surface area contributed by atoms with Crippen molar-refractivity contribution in [2.24, 2.45) is 10.9 Å². The third kappa shape index (κ3) is 5.30. The minimum atomic E-state index is -0.422. The lowest BCUT2D eigenvalue weighted by atomic mass is 10.1. The van der Waals surface area contributed by atoms with Crippen LogP contribution < -0.4 is 10.2 Å². The van der Waals surface area contributed by atoms with Crippen molar-refractivity contribution in [3.8, 4) is 0 Å². The fourth-order valence-electron chi connectivity index (χ4n) is 3.85. The van der Waals surface area contributed by atoms with Crippen molar-refractivity contribution >= 4 is 11.6 Å². The maximum Gasteiger partial charge on any atom is 0.194 e. The molecular formula is C22H28F2N4O2. The van der Waals surface area contributed by atoms with Gasteiger partial charge in [-0.1, -0.05) is 0 Å². The summed E-state index contributed by atoms with van der Waals surface area (Å²) in [6, 6.07) is 7.44. The van der Waals surface area contributed by atoms with Crippen molar-refractivity contribution in [2.45, 2.75) is 12.8 Å². The van der Waals surface area contributed by atoms with E-state index < -0.39 is 11.6 Å². The summed E-state index contributed by atoms with van der Waals surface area (Å²) in [7, 11) is 0. The second-order valence-corrected chi connectivity index (χ2v) is 7.72. The number of hydrogen-bond acceptors (Lipinski definition) is 4. The topological polar surface area (TPSA) is 53.2 Å². The number of rotatable bonds is 6. The largest absolute Gasteiger partial charge is 0.469 e. The van der Waals surface area contributed by atoms with Crippen LogP contribution in [0.15, 0.2) is 46.0 Å². The molecule has 0 aliphatic carbocycles. The molecule has 0 amide bonds. The van der Waals surface area contributed by atoms with E-state index in [1.807, 2.05) is 17.0 Å². The molecule has 0 bridgehead atoms. The molecule has 1 atom stereocenters. The maximum atomic E-state index is 14.1. The van der Waals surface area contributed by atoms with Gasteiger partial charge in [0, 0.05) is 64.3 Å². The summed E-state index contributed by atoms with van der Waals surface area (Å²) in [6.45, 7) is 5.58. The number of hydrogen-bond donors (Lipinski definition) is 1. The summed E-state index contributed by atoms with van der Waals surface area (Å²) in [5.74, 6) is 1.42. The Kier molecular flexibility index (Phi) is 6.84. The first-order valence-electron chi connectivity index (χ1n) is 10.5. The Morgan fingerprint density at radius 2 is 2.03 bits per heavy atom. The van der Waals surface area contributed by atoms with E-state index in [0.717, 1.165) is 50.4 Å². The van der Waals surface area contributed by atoms with Gasteiger partial charge in [-0.15, -0.1) is 0 Å². The van der Waals surface area contributed by atoms with Crippen LogP contribution in [0, 0.1) is 17.6 Å². The minimum absolute atomic E-state index is 0.321. The maximum absolute atomic E-state index is 14.1. The van der Waals surface area contributed by atoms with E-state index in [-0.39, 0.29) is 0 Å². The smallest absolute Gasteiger partial charge is 0.194 e. The molecule has 6 nitrogen and oxygen atoms in total. The first kappa shape index (κ1) is 20.7. The van der Waals surface area contributed by atoms with Crippen molar-refractivity contribution in [1.82, 2.24) is 10.2 Å². The molecule has 30 heavy (non-hydrogen) atoms. The highest BCUT2D eigenvalue weighted by molar-refractivity contribution is 5.80. The zero-order valence-corrected chi connectivity index (χ0v) is 17.0. The molecule has 4 rings (SSSR count). The number of halogens is 2. The lowest BCUT2D eigenvalue weighted by molar-refractivity contribution is 0.187. The fraction of sp³-hybridized carbons (Fsp3) is 0.500. The van der Waals surface area contributed by atoms with Crippen LogP contribution in [0.1, 0.15) is 12.2 Å². The molecule has 3 heterocycles. The first-order chi connectivity index (χ1) is 14.7. The molecule has 2 saturated heterocycles. The Morgan fingerprint density at radius 1 is 1.17 bits per heavy atom. The highest BCUT2D eigenvalue weighted by Gasteiger charge is 2.23. The van der Waals surface area contributed by atoms with E-state index in [1.54, 1.807) is 6.26 Å². The molecule has 8 heteroatoms. The van der Waals surface area contributed by atoms with Gasteiger partial charge >= 0.3 is 0 Å². The monoisotopic (exact) mass is 418 g/mol. The summed E-state index contributed by atoms with van der Waals surface area (Å²) >= 11 is 0. The van der Waals surface area contributed by atoms with Crippen molar-refractivity contribution in [3.05, 3.63) is 54.0 Å². The van der Waals surface area contributed by atoms with Crippen molar-refractivity contribution in [1.29, 1.82) is 0 Å². The summed E-state index contributed by atoms with van der Waals surface area (Å²) in [6.07, 6.45) is 3.48. The Hall–Kier alpha value is -2.61. The predicted octanol–water partition coefficient (Wildman–Crippen LogP) is 2.90. The summed E-state index contributed by atoms with van der Waals surface area (Å²) < 4.78 is 38.5. The molecule has 1 aromatic heterocycles. The van der Waals surface area contributed by atoms with Crippen molar-refractivity contribution in [3.63, 3.8) is 0 Å². The van der Waals surface area contributed by atoms with Crippen molar-refractivity contribution in [2.75, 3.05) is 57.4 Å². The van der Waals surface area contributed by atoms with E-state index in [4.69, 9.17) is 14.1 Å². The van der Waals surface area contributed by atoms with E-state index in [1.165, 1.54) is 12.1 Å². The van der Waals surface area contributed by atoms with Gasteiger partial charge in [-0.3, -0.25) is 4.99 Å². The Balaban J connectivity index is 1.37. The molecule has 2 aliphatic rings. The summed E-state index contributed by atoms with van der Waals surface area (Å²) in [5, 5.41) is 3.45. The Morgan fingerprint density at radius 3 is 2.77 bits per heavy atom. The molecule has 1 aromatic carbocycles. The molecule has 2 aliphatic heterocycles. The zero-order chi connectivity index (χ0) is 20.8. The first-order valence-corrected chi connectivity index (χ1v) is 10.5. The molecule has 2 fully saturated rings. The number of nitrogens with zero attached hydrogens (tertiary/aromatic N) is 3. The van der Waals surface area contributed by atoms with Gasteiger partial charge in [-0.05, 0) is 30.7 Å². The quantitative estimate of drug-likeness (QED) is 0.578. The SMILES string of the molecule is Fc1ccc(F)c(N2CCN(C(=NCC3CCOC3)NCCc3ccco3)CC2)c1. The standard InChI is InChI=1S/C22H28F2N4O2/c23-18-3-4-20(24)21(14-18)27-8-10-28(11-9-27)22(26-15-17-6-13-29-16-17)25-7-5-19-2-1-12-30-19/h1-4,12,14,17H,5-11,13,15-16H2,(H,25,26). The molecule has 2 aromatic rings. The summed E-state index contributed by atoms with van der Waals surface area (Å²) in [4.78, 5) is 8.92. The fourth-order valence-corrected chi connectivity index (χ4v) is 3.85. The minimum Gasteiger partial charge on any atom is -0.469 e. The molecule has 1 unspecified atom stereocenters. The number of benzene rings is 1. The highest BCUT2D eigenvalue weighted by Crippen LogP contribution is 2.22. The highest BCUT2D eigenvalue weighted by atomic mass is 19.1. The molecule has 0 radical (unpaired) electrons. The van der Waals surface area contributed by atoms with Gasteiger partial charge in [0.15, 0.2) is 5.96 Å². The van der Waals surface area contributed by atoms with E-state index in [2.05, 4.69) is 10.2 Å². The van der Waals surface area contributed by atoms with Crippen LogP contribution in [-0.4, -0.2) is 63.3 Å². The van der Waals surface area contributed by atoms with Crippen LogP contribution in [0.4, 0.5) is 14.5 Å². The lowest BCUT2D eigenvalue weighted by Gasteiger charge is -2.38. The molecule has 0 saturated carbocycles. The van der Waals surface area contributed by atoms with Crippen LogP contribution in [0.3, 0.4) is 0 Å². The van der Waals surface area contributed by atoms with Crippen LogP contribution in [-0.2, 0) is 11.2 Å². The number of nitrogens with one attached hydrogen (secondary N) is 1. The number of guanidine groups is 1. The van der Waals surface area contributed by atoms with Crippen LogP contribution in [0.25, 0.3) is 0 Å². The van der Waals surface area contributed by atoms with Gasteiger partial charge in [-0.25, -0.2) is 8.78 Å². The third-order valence-corrected chi connectivity index (χ3v) is 5.59. The second-order valence-electron chi connectivity index (χ2n) is 7.72. The number of anilines is 1. The Bertz CT molecular complexity index is 830. The number of aliphatic imine (C=N–C) groups is 1. The molecule has 0 spiro atoms. The molecular weight excluding hydrogens is 390 g/mol. The molecule has 1 N–H and O–H groups in total. The van der Waals surface area contributed by atoms with Gasteiger partial charge in [-0.2, -0.15) is 0 Å². The zero-order valence-electron chi connectivity index (χ0n) is 17.0. The second kappa shape index (κ2) is 9.93. The average Bonchev–Trinajstić information content (AvgIpc) is 3.47. The van der Waals surface area contributed by atoms with Crippen molar-refractivity contribution < 1.29 is 17.9 Å². The number of ether oxygens (including phenoxy) is 1. The van der Waals surface area contributed by atoms with E-state index in [0.29, 0.717) is 44.3 Å². The lowest BCUT2D eigenvalue weighted by Crippen LogP contribution is -2.53. The van der Waals surface area contributed by atoms with E-state index in [9.17, 15) is 8.78 Å². The average molecular weight is 418 g/mol. The van der Waals surface area contributed by atoms with E-state index >= 15 is 0 Å². The van der Waals surface area contributed by atoms with Gasteiger partial charge < -0.3 is 24.3 Å². The number of furan rings is 1. The summed E-state index contributed by atoms with van der Waals surface area (Å²) in [5.41, 5.74) is 0.321. The number of piperazine rings is 1. The Labute approximate surface area is 175 Å². The van der Waals surface area contributed by atoms with Crippen LogP contribution in [0.5, 0.6) is 0 Å². The third-order valence-electron chi connectivity index (χ3n) is 5.59. The van der Waals surface area contributed by atoms with Gasteiger partial charge in [0.1, 0.15) is 17.4 Å². The predicted molar refractivity (Wildman–Crippen MR) is 112 cm³/mol. The van der Waals surface area contributed by atoms with Crippen LogP contribution >= 0.6 is 0 Å². The van der Waals surface area contributed by atoms with Gasteiger partial charge in [0.25, 0.3) is 0 Å². The van der Waals surface area contributed by atoms with Gasteiger partial charge in [0.2, 0.25) is 0 Å². The normalized spacial score (nSPS) is 20.1. The molecule has 162 valence electrons.